The van der Waals surface area contributed by atoms with Crippen LogP contribution in [0.1, 0.15) is 12.5 Å². The van der Waals surface area contributed by atoms with E-state index in [1.165, 1.54) is 10.5 Å². The van der Waals surface area contributed by atoms with E-state index >= 15 is 0 Å². The van der Waals surface area contributed by atoms with E-state index in [-0.39, 0.29) is 0 Å². The van der Waals surface area contributed by atoms with Gasteiger partial charge in [0.2, 0.25) is 0 Å². The quantitative estimate of drug-likeness (QED) is 0.671. The van der Waals surface area contributed by atoms with Gasteiger partial charge in [0.05, 0.1) is 12.7 Å². The Labute approximate surface area is 114 Å². The second kappa shape index (κ2) is 6.45. The summed E-state index contributed by atoms with van der Waals surface area (Å²) in [5.41, 5.74) is 7.85. The van der Waals surface area contributed by atoms with Gasteiger partial charge < -0.3 is 10.5 Å². The summed E-state index contributed by atoms with van der Waals surface area (Å²) in [5, 5.41) is 0. The van der Waals surface area contributed by atoms with Gasteiger partial charge in [-0.3, -0.25) is 4.90 Å². The number of morpholine rings is 1. The molecule has 1 fully saturated rings. The average molecular weight is 266 g/mol. The van der Waals surface area contributed by atoms with Crippen molar-refractivity contribution in [2.45, 2.75) is 24.8 Å². The highest BCUT2D eigenvalue weighted by molar-refractivity contribution is 7.99. The molecule has 2 rings (SSSR count). The standard InChI is InChI=1S/C14H22N2OS/c1-3-16-6-7-17-13(9-16)10-18-14-5-4-12(15)8-11(14)2/h4-5,8,13H,3,6-7,9-10,15H2,1-2H3. The highest BCUT2D eigenvalue weighted by Gasteiger charge is 2.19. The summed E-state index contributed by atoms with van der Waals surface area (Å²) in [5.74, 6) is 1.02. The van der Waals surface area contributed by atoms with E-state index in [9.17, 15) is 0 Å². The Kier molecular flexibility index (Phi) is 4.92. The molecule has 0 amide bonds. The molecule has 0 aromatic heterocycles. The lowest BCUT2D eigenvalue weighted by Crippen LogP contribution is -2.43. The summed E-state index contributed by atoms with van der Waals surface area (Å²) >= 11 is 1.87. The van der Waals surface area contributed by atoms with Crippen molar-refractivity contribution in [3.8, 4) is 0 Å². The molecule has 100 valence electrons. The number of hydrogen-bond acceptors (Lipinski definition) is 4. The predicted molar refractivity (Wildman–Crippen MR) is 78.2 cm³/mol. The minimum Gasteiger partial charge on any atom is -0.399 e. The zero-order chi connectivity index (χ0) is 13.0. The van der Waals surface area contributed by atoms with E-state index in [0.29, 0.717) is 6.10 Å². The minimum atomic E-state index is 0.348. The highest BCUT2D eigenvalue weighted by atomic mass is 32.2. The lowest BCUT2D eigenvalue weighted by molar-refractivity contribution is -0.0137. The van der Waals surface area contributed by atoms with Gasteiger partial charge in [0.15, 0.2) is 0 Å². The Balaban J connectivity index is 1.87. The molecule has 0 aliphatic carbocycles. The maximum absolute atomic E-state index is 5.81. The molecular weight excluding hydrogens is 244 g/mol. The molecule has 1 aliphatic rings. The Bertz CT molecular complexity index is 397. The van der Waals surface area contributed by atoms with Crippen molar-refractivity contribution in [2.75, 3.05) is 37.7 Å². The molecule has 1 unspecified atom stereocenters. The fraction of sp³-hybridized carbons (Fsp3) is 0.571. The van der Waals surface area contributed by atoms with Gasteiger partial charge in [-0.1, -0.05) is 6.92 Å². The predicted octanol–water partition coefficient (Wildman–Crippen LogP) is 2.39. The van der Waals surface area contributed by atoms with Crippen LogP contribution in [0.5, 0.6) is 0 Å². The molecule has 0 radical (unpaired) electrons. The number of nitrogen functional groups attached to an aromatic ring is 1. The molecular formula is C14H22N2OS. The van der Waals surface area contributed by atoms with Crippen molar-refractivity contribution >= 4 is 17.4 Å². The fourth-order valence-corrected chi connectivity index (χ4v) is 3.20. The zero-order valence-electron chi connectivity index (χ0n) is 11.2. The maximum Gasteiger partial charge on any atom is 0.0796 e. The van der Waals surface area contributed by atoms with E-state index in [4.69, 9.17) is 10.5 Å². The van der Waals surface area contributed by atoms with E-state index in [0.717, 1.165) is 37.7 Å². The van der Waals surface area contributed by atoms with Crippen LogP contribution >= 0.6 is 11.8 Å². The Hall–Kier alpha value is -0.710. The van der Waals surface area contributed by atoms with Crippen molar-refractivity contribution in [3.05, 3.63) is 23.8 Å². The molecule has 1 heterocycles. The molecule has 1 saturated heterocycles. The van der Waals surface area contributed by atoms with Crippen LogP contribution in [0.2, 0.25) is 0 Å². The third-order valence-corrected chi connectivity index (χ3v) is 4.60. The number of thioether (sulfide) groups is 1. The second-order valence-corrected chi connectivity index (χ2v) is 5.78. The number of hydrogen-bond donors (Lipinski definition) is 1. The first kappa shape index (κ1) is 13.7. The van der Waals surface area contributed by atoms with Gasteiger partial charge in [-0.2, -0.15) is 0 Å². The Morgan fingerprint density at radius 3 is 3.06 bits per heavy atom. The van der Waals surface area contributed by atoms with E-state index < -0.39 is 0 Å². The molecule has 0 saturated carbocycles. The third kappa shape index (κ3) is 3.64. The summed E-state index contributed by atoms with van der Waals surface area (Å²) in [6.07, 6.45) is 0.348. The molecule has 2 N–H and O–H groups in total. The number of rotatable bonds is 4. The van der Waals surface area contributed by atoms with Crippen LogP contribution in [0.15, 0.2) is 23.1 Å². The summed E-state index contributed by atoms with van der Waals surface area (Å²) in [6, 6.07) is 6.10. The fourth-order valence-electron chi connectivity index (χ4n) is 2.19. The molecule has 1 aromatic carbocycles. The number of ether oxygens (including phenoxy) is 1. The van der Waals surface area contributed by atoms with Crippen molar-refractivity contribution in [1.82, 2.24) is 4.90 Å². The smallest absolute Gasteiger partial charge is 0.0796 e. The number of nitrogens with two attached hydrogens (primary N) is 1. The molecule has 1 aromatic rings. The monoisotopic (exact) mass is 266 g/mol. The summed E-state index contributed by atoms with van der Waals surface area (Å²) in [4.78, 5) is 3.76. The first-order chi connectivity index (χ1) is 8.69. The van der Waals surface area contributed by atoms with Crippen LogP contribution in [0.25, 0.3) is 0 Å². The normalized spacial score (nSPS) is 21.1. The lowest BCUT2D eigenvalue weighted by atomic mass is 10.2. The number of benzene rings is 1. The summed E-state index contributed by atoms with van der Waals surface area (Å²) < 4.78 is 5.81. The Morgan fingerprint density at radius 1 is 1.50 bits per heavy atom. The van der Waals surface area contributed by atoms with E-state index in [1.54, 1.807) is 0 Å². The van der Waals surface area contributed by atoms with Crippen LogP contribution in [-0.4, -0.2) is 43.0 Å². The average Bonchev–Trinajstić information content (AvgIpc) is 2.38. The number of likely N-dealkylation sites (N-methyl/N-ethyl adjacent to an activating group) is 1. The van der Waals surface area contributed by atoms with Crippen LogP contribution in [0.4, 0.5) is 5.69 Å². The first-order valence-electron chi connectivity index (χ1n) is 6.52. The Morgan fingerprint density at radius 2 is 2.33 bits per heavy atom. The van der Waals surface area contributed by atoms with E-state index in [2.05, 4.69) is 24.8 Å². The van der Waals surface area contributed by atoms with Gasteiger partial charge in [0, 0.05) is 29.4 Å². The number of anilines is 1. The van der Waals surface area contributed by atoms with Crippen LogP contribution in [0.3, 0.4) is 0 Å². The molecule has 1 aliphatic heterocycles. The highest BCUT2D eigenvalue weighted by Crippen LogP contribution is 2.25. The SMILES string of the molecule is CCN1CCOC(CSc2ccc(N)cc2C)C1. The minimum absolute atomic E-state index is 0.348. The van der Waals surface area contributed by atoms with Gasteiger partial charge in [-0.25, -0.2) is 0 Å². The molecule has 18 heavy (non-hydrogen) atoms. The molecule has 1 atom stereocenters. The topological polar surface area (TPSA) is 38.5 Å². The van der Waals surface area contributed by atoms with Crippen LogP contribution in [-0.2, 0) is 4.74 Å². The molecule has 3 nitrogen and oxygen atoms in total. The molecule has 4 heteroatoms. The third-order valence-electron chi connectivity index (χ3n) is 3.29. The summed E-state index contributed by atoms with van der Waals surface area (Å²) in [7, 11) is 0. The largest absolute Gasteiger partial charge is 0.399 e. The van der Waals surface area contributed by atoms with Crippen molar-refractivity contribution in [3.63, 3.8) is 0 Å². The number of aryl methyl sites for hydroxylation is 1. The van der Waals surface area contributed by atoms with E-state index in [1.807, 2.05) is 23.9 Å². The maximum atomic E-state index is 5.81. The number of nitrogens with zero attached hydrogens (tertiary/aromatic N) is 1. The zero-order valence-corrected chi connectivity index (χ0v) is 12.0. The van der Waals surface area contributed by atoms with Crippen molar-refractivity contribution < 1.29 is 4.74 Å². The molecule has 0 spiro atoms. The molecule has 0 bridgehead atoms. The van der Waals surface area contributed by atoms with Gasteiger partial charge in [0.1, 0.15) is 0 Å². The lowest BCUT2D eigenvalue weighted by Gasteiger charge is -2.31. The first-order valence-corrected chi connectivity index (χ1v) is 7.50. The van der Waals surface area contributed by atoms with Gasteiger partial charge in [-0.05, 0) is 37.2 Å². The van der Waals surface area contributed by atoms with Crippen molar-refractivity contribution in [2.24, 2.45) is 0 Å². The van der Waals surface area contributed by atoms with Gasteiger partial charge >= 0.3 is 0 Å². The van der Waals surface area contributed by atoms with Gasteiger partial charge in [0.25, 0.3) is 0 Å². The van der Waals surface area contributed by atoms with Crippen LogP contribution in [0, 0.1) is 6.92 Å². The van der Waals surface area contributed by atoms with Crippen LogP contribution < -0.4 is 5.73 Å². The second-order valence-electron chi connectivity index (χ2n) is 4.72. The summed E-state index contributed by atoms with van der Waals surface area (Å²) in [6.45, 7) is 8.42. The van der Waals surface area contributed by atoms with Crippen molar-refractivity contribution in [1.29, 1.82) is 0 Å². The van der Waals surface area contributed by atoms with Gasteiger partial charge in [-0.15, -0.1) is 11.8 Å².